The molecular weight excluding hydrogens is 148 g/mol. The molecule has 0 saturated carbocycles. The topological polar surface area (TPSA) is 17.1 Å². The Kier molecular flexibility index (Phi) is 7.36. The molecule has 1 nitrogen and oxygen atoms in total. The van der Waals surface area contributed by atoms with E-state index in [0.29, 0.717) is 0 Å². The largest absolute Gasteiger partial charge is 0.300 e. The summed E-state index contributed by atoms with van der Waals surface area (Å²) in [6, 6.07) is 0. The summed E-state index contributed by atoms with van der Waals surface area (Å²) in [6.45, 7) is 14.1. The van der Waals surface area contributed by atoms with Crippen LogP contribution in [0, 0.1) is 11.3 Å². The molecule has 0 unspecified atom stereocenters. The molecule has 0 radical (unpaired) electrons. The quantitative estimate of drug-likeness (QED) is 0.589. The van der Waals surface area contributed by atoms with Gasteiger partial charge in [0, 0.05) is 5.92 Å². The van der Waals surface area contributed by atoms with Crippen LogP contribution in [0.3, 0.4) is 0 Å². The van der Waals surface area contributed by atoms with E-state index in [1.54, 1.807) is 6.92 Å². The van der Waals surface area contributed by atoms with Gasteiger partial charge in [0.15, 0.2) is 0 Å². The molecule has 0 rings (SSSR count). The van der Waals surface area contributed by atoms with E-state index in [-0.39, 0.29) is 17.1 Å². The van der Waals surface area contributed by atoms with Crippen LogP contribution in [-0.4, -0.2) is 5.78 Å². The number of rotatable bonds is 1. The van der Waals surface area contributed by atoms with Crippen molar-refractivity contribution in [3.05, 3.63) is 0 Å². The summed E-state index contributed by atoms with van der Waals surface area (Å²) in [5, 5.41) is 0. The molecule has 12 heavy (non-hydrogen) atoms. The molecule has 0 spiro atoms. The van der Waals surface area contributed by atoms with Crippen molar-refractivity contribution in [2.24, 2.45) is 11.3 Å². The molecule has 1 heteroatoms. The van der Waals surface area contributed by atoms with Crippen molar-refractivity contribution >= 4 is 5.78 Å². The summed E-state index contributed by atoms with van der Waals surface area (Å²) in [5.74, 6) is 0.458. The summed E-state index contributed by atoms with van der Waals surface area (Å²) in [5.41, 5.74) is 0.131. The Labute approximate surface area is 77.6 Å². The van der Waals surface area contributed by atoms with Gasteiger partial charge in [0.05, 0.1) is 0 Å². The van der Waals surface area contributed by atoms with Gasteiger partial charge in [-0.15, -0.1) is 0 Å². The molecule has 0 aliphatic heterocycles. The molecule has 1 atom stereocenters. The van der Waals surface area contributed by atoms with Crippen LogP contribution in [0.2, 0.25) is 0 Å². The van der Waals surface area contributed by atoms with Gasteiger partial charge in [-0.3, -0.25) is 4.79 Å². The van der Waals surface area contributed by atoms with Crippen molar-refractivity contribution in [3.63, 3.8) is 0 Å². The van der Waals surface area contributed by atoms with E-state index in [0.717, 1.165) is 0 Å². The number of carbonyl (C=O) groups excluding carboxylic acids is 1. The number of hydrogen-bond donors (Lipinski definition) is 0. The van der Waals surface area contributed by atoms with Crippen LogP contribution in [0.15, 0.2) is 0 Å². The molecule has 0 heterocycles. The van der Waals surface area contributed by atoms with E-state index in [4.69, 9.17) is 0 Å². The lowest BCUT2D eigenvalue weighted by molar-refractivity contribution is -0.123. The molecule has 0 aromatic heterocycles. The lowest BCUT2D eigenvalue weighted by atomic mass is 9.80. The maximum atomic E-state index is 10.8. The van der Waals surface area contributed by atoms with E-state index in [9.17, 15) is 4.79 Å². The molecule has 0 N–H and O–H groups in total. The summed E-state index contributed by atoms with van der Waals surface area (Å²) in [4.78, 5) is 10.8. The summed E-state index contributed by atoms with van der Waals surface area (Å²) >= 11 is 0. The third-order valence-electron chi connectivity index (χ3n) is 1.91. The Bertz CT molecular complexity index is 119. The fourth-order valence-electron chi connectivity index (χ4n) is 0.610. The second-order valence-corrected chi connectivity index (χ2v) is 4.41. The van der Waals surface area contributed by atoms with Gasteiger partial charge < -0.3 is 0 Å². The zero-order chi connectivity index (χ0) is 10.4. The summed E-state index contributed by atoms with van der Waals surface area (Å²) < 4.78 is 0. The average Bonchev–Trinajstić information content (AvgIpc) is 1.85. The normalized spacial score (nSPS) is 12.9. The van der Waals surface area contributed by atoms with Gasteiger partial charge in [-0.1, -0.05) is 48.0 Å². The third-order valence-corrected chi connectivity index (χ3v) is 1.91. The van der Waals surface area contributed by atoms with Gasteiger partial charge in [-0.05, 0) is 12.3 Å². The zero-order valence-corrected chi connectivity index (χ0v) is 9.69. The highest BCUT2D eigenvalue weighted by atomic mass is 16.1. The highest BCUT2D eigenvalue weighted by Crippen LogP contribution is 2.25. The Morgan fingerprint density at radius 3 is 1.50 bits per heavy atom. The van der Waals surface area contributed by atoms with Crippen molar-refractivity contribution in [2.45, 2.75) is 54.9 Å². The molecule has 0 aliphatic carbocycles. The molecule has 0 bridgehead atoms. The predicted octanol–water partition coefficient (Wildman–Crippen LogP) is 3.67. The molecule has 0 fully saturated rings. The monoisotopic (exact) mass is 172 g/mol. The van der Waals surface area contributed by atoms with Gasteiger partial charge in [0.1, 0.15) is 5.78 Å². The Balaban J connectivity index is 0. The molecule has 0 aliphatic rings. The first-order chi connectivity index (χ1) is 5.27. The van der Waals surface area contributed by atoms with Gasteiger partial charge in [-0.2, -0.15) is 0 Å². The summed E-state index contributed by atoms with van der Waals surface area (Å²) in [6.07, 6.45) is 1.25. The maximum Gasteiger partial charge on any atom is 0.133 e. The van der Waals surface area contributed by atoms with Crippen LogP contribution in [0.25, 0.3) is 0 Å². The number of Topliss-reactive ketones (excluding diaryl/α,β-unsaturated/α-hetero) is 1. The van der Waals surface area contributed by atoms with E-state index in [2.05, 4.69) is 34.6 Å². The van der Waals surface area contributed by atoms with Crippen molar-refractivity contribution in [1.82, 2.24) is 0 Å². The zero-order valence-electron chi connectivity index (χ0n) is 9.69. The SMILES string of the molecule is CC(=O)[C@@H](C)C(C)(C)C.CCC. The van der Waals surface area contributed by atoms with Crippen LogP contribution in [0.1, 0.15) is 54.9 Å². The van der Waals surface area contributed by atoms with Crippen LogP contribution >= 0.6 is 0 Å². The predicted molar refractivity (Wildman–Crippen MR) is 55.3 cm³/mol. The first-order valence-corrected chi connectivity index (χ1v) is 4.77. The van der Waals surface area contributed by atoms with E-state index in [1.165, 1.54) is 6.42 Å². The fraction of sp³-hybridized carbons (Fsp3) is 0.909. The second-order valence-electron chi connectivity index (χ2n) is 4.41. The molecule has 0 aromatic carbocycles. The second kappa shape index (κ2) is 6.22. The maximum absolute atomic E-state index is 10.8. The number of hydrogen-bond acceptors (Lipinski definition) is 1. The molecule has 0 aromatic rings. The van der Waals surface area contributed by atoms with Gasteiger partial charge in [0.2, 0.25) is 0 Å². The molecular formula is C11H24O. The minimum absolute atomic E-state index is 0.131. The van der Waals surface area contributed by atoms with Crippen LogP contribution in [-0.2, 0) is 4.79 Å². The van der Waals surface area contributed by atoms with E-state index in [1.807, 2.05) is 6.92 Å². The Hall–Kier alpha value is -0.330. The molecule has 0 amide bonds. The van der Waals surface area contributed by atoms with Crippen molar-refractivity contribution in [3.8, 4) is 0 Å². The number of ketones is 1. The standard InChI is InChI=1S/C8H16O.C3H8/c1-6(7(2)9)8(3,4)5;1-3-2/h6H,1-5H3;3H2,1-2H3/t6-;/m1./s1. The van der Waals surface area contributed by atoms with E-state index < -0.39 is 0 Å². The highest BCUT2D eigenvalue weighted by Gasteiger charge is 2.23. The van der Waals surface area contributed by atoms with Gasteiger partial charge >= 0.3 is 0 Å². The fourth-order valence-corrected chi connectivity index (χ4v) is 0.610. The van der Waals surface area contributed by atoms with Crippen molar-refractivity contribution in [2.75, 3.05) is 0 Å². The lowest BCUT2D eigenvalue weighted by Gasteiger charge is -2.24. The Morgan fingerprint density at radius 2 is 1.50 bits per heavy atom. The minimum atomic E-state index is 0.131. The lowest BCUT2D eigenvalue weighted by Crippen LogP contribution is -2.23. The first kappa shape index (κ1) is 14.2. The summed E-state index contributed by atoms with van der Waals surface area (Å²) in [7, 11) is 0. The molecule has 0 saturated heterocycles. The van der Waals surface area contributed by atoms with Crippen molar-refractivity contribution < 1.29 is 4.79 Å². The van der Waals surface area contributed by atoms with E-state index >= 15 is 0 Å². The van der Waals surface area contributed by atoms with Gasteiger partial charge in [0.25, 0.3) is 0 Å². The smallest absolute Gasteiger partial charge is 0.133 e. The van der Waals surface area contributed by atoms with Gasteiger partial charge in [-0.25, -0.2) is 0 Å². The molecule has 74 valence electrons. The third kappa shape index (κ3) is 7.77. The minimum Gasteiger partial charge on any atom is -0.300 e. The van der Waals surface area contributed by atoms with Crippen LogP contribution < -0.4 is 0 Å². The average molecular weight is 172 g/mol. The first-order valence-electron chi connectivity index (χ1n) is 4.77. The highest BCUT2D eigenvalue weighted by molar-refractivity contribution is 5.78. The number of carbonyl (C=O) groups is 1. The van der Waals surface area contributed by atoms with Crippen LogP contribution in [0.4, 0.5) is 0 Å². The van der Waals surface area contributed by atoms with Crippen LogP contribution in [0.5, 0.6) is 0 Å². The Morgan fingerprint density at radius 1 is 1.25 bits per heavy atom. The van der Waals surface area contributed by atoms with Crippen molar-refractivity contribution in [1.29, 1.82) is 0 Å².